The first kappa shape index (κ1) is 14.7. The van der Waals surface area contributed by atoms with Gasteiger partial charge in [0.1, 0.15) is 19.0 Å². The van der Waals surface area contributed by atoms with E-state index in [9.17, 15) is 0 Å². The number of hydrogen-bond acceptors (Lipinski definition) is 5. The molecular formula is C17H21N3O2. The van der Waals surface area contributed by atoms with Gasteiger partial charge in [-0.05, 0) is 24.3 Å². The maximum absolute atomic E-state index is 5.86. The fourth-order valence-corrected chi connectivity index (χ4v) is 2.44. The lowest BCUT2D eigenvalue weighted by atomic mass is 10.3. The maximum atomic E-state index is 5.86. The molecule has 0 aliphatic carbocycles. The van der Waals surface area contributed by atoms with Crippen LogP contribution in [0.1, 0.15) is 0 Å². The number of anilines is 1. The average Bonchev–Trinajstić information content (AvgIpc) is 2.61. The molecule has 0 radical (unpaired) electrons. The van der Waals surface area contributed by atoms with Gasteiger partial charge < -0.3 is 19.7 Å². The normalized spacial score (nSPS) is 14.6. The molecule has 1 aromatic carbocycles. The summed E-state index contributed by atoms with van der Waals surface area (Å²) in [6, 6.07) is 13.6. The number of nitrogens with zero attached hydrogens (tertiary/aromatic N) is 2. The van der Waals surface area contributed by atoms with Gasteiger partial charge in [0.05, 0.1) is 0 Å². The van der Waals surface area contributed by atoms with Crippen LogP contribution in [0.25, 0.3) is 0 Å². The van der Waals surface area contributed by atoms with E-state index in [1.807, 2.05) is 48.7 Å². The molecule has 0 saturated carbocycles. The Morgan fingerprint density at radius 2 is 1.73 bits per heavy atom. The molecule has 1 N–H and O–H groups in total. The zero-order valence-corrected chi connectivity index (χ0v) is 12.6. The molecule has 0 bridgehead atoms. The van der Waals surface area contributed by atoms with Crippen molar-refractivity contribution in [2.45, 2.75) is 0 Å². The lowest BCUT2D eigenvalue weighted by Crippen LogP contribution is -2.44. The molecule has 0 amide bonds. The number of rotatable bonds is 6. The van der Waals surface area contributed by atoms with Crippen LogP contribution in [0.5, 0.6) is 11.5 Å². The second-order valence-corrected chi connectivity index (χ2v) is 5.07. The fraction of sp³-hybridized carbons (Fsp3) is 0.353. The Labute approximate surface area is 130 Å². The summed E-state index contributed by atoms with van der Waals surface area (Å²) in [6.07, 6.45) is 1.81. The van der Waals surface area contributed by atoms with Crippen molar-refractivity contribution < 1.29 is 9.47 Å². The highest BCUT2D eigenvalue weighted by Gasteiger charge is 2.15. The average molecular weight is 299 g/mol. The Morgan fingerprint density at radius 3 is 2.55 bits per heavy atom. The summed E-state index contributed by atoms with van der Waals surface area (Å²) in [4.78, 5) is 6.73. The number of para-hydroxylation sites is 1. The molecule has 2 heterocycles. The lowest BCUT2D eigenvalue weighted by molar-refractivity contribution is 0.217. The SMILES string of the molecule is c1ccc(OCCOc2cccnc2N2CCNCC2)cc1. The number of benzene rings is 1. The van der Waals surface area contributed by atoms with Crippen LogP contribution >= 0.6 is 0 Å². The Hall–Kier alpha value is -2.27. The molecule has 1 aromatic heterocycles. The van der Waals surface area contributed by atoms with Gasteiger partial charge in [-0.2, -0.15) is 0 Å². The number of nitrogens with one attached hydrogen (secondary N) is 1. The van der Waals surface area contributed by atoms with Gasteiger partial charge in [0, 0.05) is 32.4 Å². The molecule has 0 unspecified atom stereocenters. The van der Waals surface area contributed by atoms with E-state index in [0.29, 0.717) is 13.2 Å². The largest absolute Gasteiger partial charge is 0.490 e. The Kier molecular flexibility index (Phi) is 5.10. The summed E-state index contributed by atoms with van der Waals surface area (Å²) in [5.41, 5.74) is 0. The smallest absolute Gasteiger partial charge is 0.171 e. The van der Waals surface area contributed by atoms with Gasteiger partial charge in [-0.25, -0.2) is 4.98 Å². The van der Waals surface area contributed by atoms with Crippen molar-refractivity contribution >= 4 is 5.82 Å². The molecule has 2 aromatic rings. The third-order valence-electron chi connectivity index (χ3n) is 3.52. The van der Waals surface area contributed by atoms with E-state index in [1.54, 1.807) is 0 Å². The Bertz CT molecular complexity index is 571. The van der Waals surface area contributed by atoms with E-state index in [1.165, 1.54) is 0 Å². The van der Waals surface area contributed by atoms with E-state index in [0.717, 1.165) is 43.5 Å². The number of piperazine rings is 1. The summed E-state index contributed by atoms with van der Waals surface area (Å²) < 4.78 is 11.5. The quantitative estimate of drug-likeness (QED) is 0.826. The summed E-state index contributed by atoms with van der Waals surface area (Å²) in [5.74, 6) is 2.60. The first-order valence-corrected chi connectivity index (χ1v) is 7.65. The fourth-order valence-electron chi connectivity index (χ4n) is 2.44. The minimum atomic E-state index is 0.500. The second kappa shape index (κ2) is 7.66. The first-order chi connectivity index (χ1) is 10.9. The molecule has 116 valence electrons. The Morgan fingerprint density at radius 1 is 0.955 bits per heavy atom. The van der Waals surface area contributed by atoms with E-state index in [-0.39, 0.29) is 0 Å². The Balaban J connectivity index is 1.53. The number of ether oxygens (including phenoxy) is 2. The summed E-state index contributed by atoms with van der Waals surface area (Å²) in [6.45, 7) is 4.88. The van der Waals surface area contributed by atoms with Crippen LogP contribution in [0.4, 0.5) is 5.82 Å². The van der Waals surface area contributed by atoms with Gasteiger partial charge >= 0.3 is 0 Å². The lowest BCUT2D eigenvalue weighted by Gasteiger charge is -2.29. The predicted molar refractivity (Wildman–Crippen MR) is 86.8 cm³/mol. The van der Waals surface area contributed by atoms with Crippen molar-refractivity contribution in [3.8, 4) is 11.5 Å². The topological polar surface area (TPSA) is 46.6 Å². The molecular weight excluding hydrogens is 278 g/mol. The van der Waals surface area contributed by atoms with Crippen molar-refractivity contribution in [3.63, 3.8) is 0 Å². The minimum absolute atomic E-state index is 0.500. The highest BCUT2D eigenvalue weighted by atomic mass is 16.5. The molecule has 0 spiro atoms. The van der Waals surface area contributed by atoms with Gasteiger partial charge in [0.2, 0.25) is 0 Å². The van der Waals surface area contributed by atoms with Crippen molar-refractivity contribution in [1.82, 2.24) is 10.3 Å². The van der Waals surface area contributed by atoms with Crippen LogP contribution in [-0.2, 0) is 0 Å². The molecule has 1 fully saturated rings. The summed E-state index contributed by atoms with van der Waals surface area (Å²) >= 11 is 0. The molecule has 1 saturated heterocycles. The van der Waals surface area contributed by atoms with E-state index in [2.05, 4.69) is 15.2 Å². The summed E-state index contributed by atoms with van der Waals surface area (Å²) in [5, 5.41) is 3.34. The predicted octanol–water partition coefficient (Wildman–Crippen LogP) is 1.95. The van der Waals surface area contributed by atoms with Crippen LogP contribution in [0.15, 0.2) is 48.7 Å². The molecule has 22 heavy (non-hydrogen) atoms. The van der Waals surface area contributed by atoms with Crippen molar-refractivity contribution in [3.05, 3.63) is 48.7 Å². The van der Waals surface area contributed by atoms with Gasteiger partial charge in [0.15, 0.2) is 11.6 Å². The van der Waals surface area contributed by atoms with Crippen LogP contribution in [-0.4, -0.2) is 44.4 Å². The van der Waals surface area contributed by atoms with Crippen LogP contribution in [0.2, 0.25) is 0 Å². The molecule has 1 aliphatic heterocycles. The molecule has 3 rings (SSSR count). The third kappa shape index (κ3) is 3.89. The monoisotopic (exact) mass is 299 g/mol. The highest BCUT2D eigenvalue weighted by molar-refractivity contribution is 5.52. The number of aromatic nitrogens is 1. The third-order valence-corrected chi connectivity index (χ3v) is 3.52. The summed E-state index contributed by atoms with van der Waals surface area (Å²) in [7, 11) is 0. The first-order valence-electron chi connectivity index (χ1n) is 7.65. The second-order valence-electron chi connectivity index (χ2n) is 5.07. The van der Waals surface area contributed by atoms with E-state index >= 15 is 0 Å². The van der Waals surface area contributed by atoms with Crippen molar-refractivity contribution in [2.24, 2.45) is 0 Å². The van der Waals surface area contributed by atoms with Gasteiger partial charge in [-0.15, -0.1) is 0 Å². The van der Waals surface area contributed by atoms with Gasteiger partial charge in [-0.1, -0.05) is 18.2 Å². The van der Waals surface area contributed by atoms with Crippen molar-refractivity contribution in [1.29, 1.82) is 0 Å². The molecule has 1 aliphatic rings. The van der Waals surface area contributed by atoms with Crippen LogP contribution in [0, 0.1) is 0 Å². The number of hydrogen-bond donors (Lipinski definition) is 1. The van der Waals surface area contributed by atoms with E-state index in [4.69, 9.17) is 9.47 Å². The zero-order valence-electron chi connectivity index (χ0n) is 12.6. The number of pyridine rings is 1. The molecule has 5 heteroatoms. The van der Waals surface area contributed by atoms with Gasteiger partial charge in [0.25, 0.3) is 0 Å². The van der Waals surface area contributed by atoms with Crippen molar-refractivity contribution in [2.75, 3.05) is 44.3 Å². The van der Waals surface area contributed by atoms with Crippen LogP contribution in [0.3, 0.4) is 0 Å². The zero-order chi connectivity index (χ0) is 15.0. The van der Waals surface area contributed by atoms with E-state index < -0.39 is 0 Å². The molecule has 5 nitrogen and oxygen atoms in total. The molecule has 0 atom stereocenters. The minimum Gasteiger partial charge on any atom is -0.490 e. The highest BCUT2D eigenvalue weighted by Crippen LogP contribution is 2.25. The van der Waals surface area contributed by atoms with Crippen LogP contribution < -0.4 is 19.7 Å². The standard InChI is InChI=1S/C17H21N3O2/c1-2-5-15(6-3-1)21-13-14-22-16-7-4-8-19-17(16)20-11-9-18-10-12-20/h1-8,18H,9-14H2. The maximum Gasteiger partial charge on any atom is 0.171 e. The van der Waals surface area contributed by atoms with Gasteiger partial charge in [-0.3, -0.25) is 0 Å².